The van der Waals surface area contributed by atoms with Crippen molar-refractivity contribution in [3.05, 3.63) is 53.7 Å². The lowest BCUT2D eigenvalue weighted by Gasteiger charge is -2.07. The molecular formula is C18H16N2O3. The molecule has 0 bridgehead atoms. The third kappa shape index (κ3) is 2.97. The van der Waals surface area contributed by atoms with E-state index in [0.717, 1.165) is 16.7 Å². The Balaban J connectivity index is 1.90. The van der Waals surface area contributed by atoms with Crippen LogP contribution in [0.3, 0.4) is 0 Å². The summed E-state index contributed by atoms with van der Waals surface area (Å²) in [4.78, 5) is 0. The van der Waals surface area contributed by atoms with Crippen molar-refractivity contribution < 1.29 is 14.0 Å². The van der Waals surface area contributed by atoms with Gasteiger partial charge in [-0.2, -0.15) is 5.26 Å². The first-order valence-electron chi connectivity index (χ1n) is 7.21. The zero-order chi connectivity index (χ0) is 16.2. The van der Waals surface area contributed by atoms with Gasteiger partial charge in [-0.1, -0.05) is 17.3 Å². The molecular weight excluding hydrogens is 292 g/mol. The van der Waals surface area contributed by atoms with Crippen molar-refractivity contribution in [2.75, 3.05) is 14.2 Å². The number of hydrogen-bond acceptors (Lipinski definition) is 5. The van der Waals surface area contributed by atoms with E-state index in [1.165, 1.54) is 0 Å². The molecule has 0 amide bonds. The number of fused-ring (bicyclic) bond motifs is 1. The van der Waals surface area contributed by atoms with Crippen LogP contribution in [-0.4, -0.2) is 19.4 Å². The van der Waals surface area contributed by atoms with Gasteiger partial charge in [0.2, 0.25) is 0 Å². The molecule has 1 aromatic heterocycles. The van der Waals surface area contributed by atoms with Crippen LogP contribution in [0.4, 0.5) is 0 Å². The van der Waals surface area contributed by atoms with E-state index in [4.69, 9.17) is 14.0 Å². The highest BCUT2D eigenvalue weighted by Crippen LogP contribution is 2.30. The van der Waals surface area contributed by atoms with E-state index in [1.807, 2.05) is 36.4 Å². The molecule has 5 heteroatoms. The summed E-state index contributed by atoms with van der Waals surface area (Å²) in [5, 5.41) is 14.5. The number of ether oxygens (including phenoxy) is 2. The van der Waals surface area contributed by atoms with Gasteiger partial charge < -0.3 is 14.0 Å². The smallest absolute Gasteiger partial charge is 0.170 e. The maximum absolute atomic E-state index is 9.54. The fourth-order valence-corrected chi connectivity index (χ4v) is 2.52. The lowest BCUT2D eigenvalue weighted by molar-refractivity contribution is 0.410. The number of methoxy groups -OCH3 is 2. The highest BCUT2D eigenvalue weighted by Gasteiger charge is 2.20. The van der Waals surface area contributed by atoms with E-state index in [-0.39, 0.29) is 5.92 Å². The van der Waals surface area contributed by atoms with Gasteiger partial charge in [0.05, 0.1) is 26.2 Å². The van der Waals surface area contributed by atoms with Crippen LogP contribution < -0.4 is 9.47 Å². The Kier molecular flexibility index (Phi) is 4.15. The largest absolute Gasteiger partial charge is 0.497 e. The van der Waals surface area contributed by atoms with E-state index < -0.39 is 0 Å². The van der Waals surface area contributed by atoms with Crippen LogP contribution in [0.1, 0.15) is 17.2 Å². The number of rotatable bonds is 5. The minimum atomic E-state index is -0.377. The molecule has 1 atom stereocenters. The zero-order valence-electron chi connectivity index (χ0n) is 12.9. The van der Waals surface area contributed by atoms with Crippen molar-refractivity contribution in [3.8, 4) is 17.6 Å². The molecule has 0 aliphatic carbocycles. The van der Waals surface area contributed by atoms with Gasteiger partial charge in [-0.05, 0) is 36.2 Å². The summed E-state index contributed by atoms with van der Waals surface area (Å²) < 4.78 is 15.7. The second-order valence-electron chi connectivity index (χ2n) is 5.16. The van der Waals surface area contributed by atoms with Gasteiger partial charge in [0, 0.05) is 11.5 Å². The standard InChI is InChI=1S/C18H16N2O3/c1-21-14-5-3-12(4-6-14)9-13(11-19)18-16-8-7-15(22-2)10-17(16)23-20-18/h3-8,10,13H,9H2,1-2H3. The molecule has 2 aromatic carbocycles. The number of hydrogen-bond donors (Lipinski definition) is 0. The molecule has 0 aliphatic heterocycles. The van der Waals surface area contributed by atoms with Gasteiger partial charge in [0.15, 0.2) is 5.58 Å². The van der Waals surface area contributed by atoms with Crippen LogP contribution in [0.25, 0.3) is 11.0 Å². The average molecular weight is 308 g/mol. The van der Waals surface area contributed by atoms with Crippen molar-refractivity contribution in [3.63, 3.8) is 0 Å². The molecule has 0 saturated heterocycles. The highest BCUT2D eigenvalue weighted by molar-refractivity contribution is 5.81. The van der Waals surface area contributed by atoms with Gasteiger partial charge in [-0.25, -0.2) is 0 Å². The maximum atomic E-state index is 9.54. The molecule has 5 nitrogen and oxygen atoms in total. The van der Waals surface area contributed by atoms with Crippen LogP contribution in [-0.2, 0) is 6.42 Å². The van der Waals surface area contributed by atoms with Crippen LogP contribution in [0.15, 0.2) is 47.0 Å². The Labute approximate surface area is 134 Å². The summed E-state index contributed by atoms with van der Waals surface area (Å²) in [6.07, 6.45) is 0.564. The van der Waals surface area contributed by atoms with Crippen LogP contribution >= 0.6 is 0 Å². The Morgan fingerprint density at radius 1 is 1.09 bits per heavy atom. The van der Waals surface area contributed by atoms with E-state index in [1.54, 1.807) is 20.3 Å². The minimum absolute atomic E-state index is 0.377. The molecule has 116 valence electrons. The maximum Gasteiger partial charge on any atom is 0.170 e. The molecule has 0 N–H and O–H groups in total. The predicted octanol–water partition coefficient (Wildman–Crippen LogP) is 3.69. The highest BCUT2D eigenvalue weighted by atomic mass is 16.5. The van der Waals surface area contributed by atoms with Crippen molar-refractivity contribution in [2.24, 2.45) is 0 Å². The molecule has 1 heterocycles. The normalized spacial score (nSPS) is 11.9. The summed E-state index contributed by atoms with van der Waals surface area (Å²) in [6, 6.07) is 15.5. The Bertz CT molecular complexity index is 847. The fourth-order valence-electron chi connectivity index (χ4n) is 2.52. The third-order valence-electron chi connectivity index (χ3n) is 3.79. The Morgan fingerprint density at radius 3 is 2.43 bits per heavy atom. The monoisotopic (exact) mass is 308 g/mol. The summed E-state index contributed by atoms with van der Waals surface area (Å²) >= 11 is 0. The van der Waals surface area contributed by atoms with Crippen molar-refractivity contribution >= 4 is 11.0 Å². The lowest BCUT2D eigenvalue weighted by Crippen LogP contribution is -2.01. The lowest BCUT2D eigenvalue weighted by atomic mass is 9.95. The molecule has 0 fully saturated rings. The Morgan fingerprint density at radius 2 is 1.78 bits per heavy atom. The quantitative estimate of drug-likeness (QED) is 0.719. The van der Waals surface area contributed by atoms with Crippen LogP contribution in [0, 0.1) is 11.3 Å². The van der Waals surface area contributed by atoms with Crippen LogP contribution in [0.5, 0.6) is 11.5 Å². The Hall–Kier alpha value is -3.00. The molecule has 0 spiro atoms. The van der Waals surface area contributed by atoms with E-state index >= 15 is 0 Å². The second kappa shape index (κ2) is 6.41. The first kappa shape index (κ1) is 14.9. The van der Waals surface area contributed by atoms with Gasteiger partial charge in [0.1, 0.15) is 17.2 Å². The molecule has 1 unspecified atom stereocenters. The molecule has 23 heavy (non-hydrogen) atoms. The minimum Gasteiger partial charge on any atom is -0.497 e. The fraction of sp³-hybridized carbons (Fsp3) is 0.222. The van der Waals surface area contributed by atoms with Crippen molar-refractivity contribution in [1.82, 2.24) is 5.16 Å². The average Bonchev–Trinajstić information content (AvgIpc) is 3.03. The topological polar surface area (TPSA) is 68.3 Å². The molecule has 3 rings (SSSR count). The van der Waals surface area contributed by atoms with Gasteiger partial charge >= 0.3 is 0 Å². The summed E-state index contributed by atoms with van der Waals surface area (Å²) in [6.45, 7) is 0. The van der Waals surface area contributed by atoms with Gasteiger partial charge in [0.25, 0.3) is 0 Å². The SMILES string of the molecule is COc1ccc(CC(C#N)c2noc3cc(OC)ccc23)cc1. The number of aromatic nitrogens is 1. The first-order valence-corrected chi connectivity index (χ1v) is 7.21. The molecule has 3 aromatic rings. The van der Waals surface area contributed by atoms with Crippen LogP contribution in [0.2, 0.25) is 0 Å². The number of benzene rings is 2. The summed E-state index contributed by atoms with van der Waals surface area (Å²) in [7, 11) is 3.23. The van der Waals surface area contributed by atoms with E-state index in [2.05, 4.69) is 11.2 Å². The molecule has 0 radical (unpaired) electrons. The molecule has 0 aliphatic rings. The number of nitrogens with zero attached hydrogens (tertiary/aromatic N) is 2. The molecule has 0 saturated carbocycles. The zero-order valence-corrected chi connectivity index (χ0v) is 12.9. The van der Waals surface area contributed by atoms with E-state index in [0.29, 0.717) is 23.4 Å². The van der Waals surface area contributed by atoms with E-state index in [9.17, 15) is 5.26 Å². The van der Waals surface area contributed by atoms with Crippen molar-refractivity contribution in [2.45, 2.75) is 12.3 Å². The van der Waals surface area contributed by atoms with Crippen molar-refractivity contribution in [1.29, 1.82) is 5.26 Å². The predicted molar refractivity (Wildman–Crippen MR) is 85.6 cm³/mol. The number of nitriles is 1. The van der Waals surface area contributed by atoms with Gasteiger partial charge in [-0.3, -0.25) is 0 Å². The summed E-state index contributed by atoms with van der Waals surface area (Å²) in [5.41, 5.74) is 2.32. The summed E-state index contributed by atoms with van der Waals surface area (Å²) in [5.74, 6) is 1.11. The first-order chi connectivity index (χ1) is 11.2. The second-order valence-corrected chi connectivity index (χ2v) is 5.16. The third-order valence-corrected chi connectivity index (χ3v) is 3.79. The van der Waals surface area contributed by atoms with Gasteiger partial charge in [-0.15, -0.1) is 0 Å².